The van der Waals surface area contributed by atoms with E-state index < -0.39 is 0 Å². The number of thiophene rings is 1. The van der Waals surface area contributed by atoms with Gasteiger partial charge in [-0.15, -0.1) is 0 Å². The molecular weight excluding hydrogens is 292 g/mol. The van der Waals surface area contributed by atoms with Gasteiger partial charge < -0.3 is 10.2 Å². The minimum Gasteiger partial charge on any atom is -0.354 e. The van der Waals surface area contributed by atoms with Crippen LogP contribution >= 0.6 is 22.9 Å². The molecule has 6 heteroatoms. The lowest BCUT2D eigenvalue weighted by Crippen LogP contribution is -2.26. The standard InChI is InChI=1S/C14H17ClN4S/c1-2-16-14-17-7-12(15)13(18-14)19(11-3-4-11)8-10-5-6-20-9-10/h5-7,9,11H,2-4,8H2,1H3,(H,16,17,18). The fourth-order valence-corrected chi connectivity index (χ4v) is 3.00. The predicted molar refractivity (Wildman–Crippen MR) is 84.7 cm³/mol. The summed E-state index contributed by atoms with van der Waals surface area (Å²) in [5.74, 6) is 1.48. The fourth-order valence-electron chi connectivity index (χ4n) is 2.15. The van der Waals surface area contributed by atoms with Gasteiger partial charge in [-0.25, -0.2) is 4.98 Å². The van der Waals surface area contributed by atoms with Crippen molar-refractivity contribution >= 4 is 34.7 Å². The average Bonchev–Trinajstić information content (AvgIpc) is 3.16. The summed E-state index contributed by atoms with van der Waals surface area (Å²) in [7, 11) is 0. The molecule has 106 valence electrons. The molecule has 0 saturated heterocycles. The molecule has 1 saturated carbocycles. The lowest BCUT2D eigenvalue weighted by molar-refractivity contribution is 0.777. The Labute approximate surface area is 127 Å². The third kappa shape index (κ3) is 3.04. The van der Waals surface area contributed by atoms with E-state index in [-0.39, 0.29) is 0 Å². The molecule has 0 atom stereocenters. The minimum atomic E-state index is 0.553. The molecule has 0 radical (unpaired) electrons. The fraction of sp³-hybridized carbons (Fsp3) is 0.429. The highest BCUT2D eigenvalue weighted by Gasteiger charge is 2.31. The summed E-state index contributed by atoms with van der Waals surface area (Å²) in [6.07, 6.45) is 4.10. The Hall–Kier alpha value is -1.33. The van der Waals surface area contributed by atoms with Crippen LogP contribution in [0.5, 0.6) is 0 Å². The second-order valence-electron chi connectivity index (χ2n) is 4.89. The van der Waals surface area contributed by atoms with Gasteiger partial charge >= 0.3 is 0 Å². The lowest BCUT2D eigenvalue weighted by Gasteiger charge is -2.24. The first kappa shape index (κ1) is 13.6. The van der Waals surface area contributed by atoms with Gasteiger partial charge in [-0.1, -0.05) is 11.6 Å². The molecule has 4 nitrogen and oxygen atoms in total. The minimum absolute atomic E-state index is 0.553. The monoisotopic (exact) mass is 308 g/mol. The largest absolute Gasteiger partial charge is 0.354 e. The van der Waals surface area contributed by atoms with Crippen molar-refractivity contribution < 1.29 is 0 Å². The van der Waals surface area contributed by atoms with E-state index in [9.17, 15) is 0 Å². The Balaban J connectivity index is 1.88. The van der Waals surface area contributed by atoms with E-state index in [1.165, 1.54) is 18.4 Å². The summed E-state index contributed by atoms with van der Waals surface area (Å²) >= 11 is 8.03. The molecule has 1 aliphatic rings. The summed E-state index contributed by atoms with van der Waals surface area (Å²) in [6, 6.07) is 2.71. The van der Waals surface area contributed by atoms with Gasteiger partial charge in [-0.2, -0.15) is 16.3 Å². The van der Waals surface area contributed by atoms with Crippen LogP contribution in [0.25, 0.3) is 0 Å². The van der Waals surface area contributed by atoms with Crippen molar-refractivity contribution in [2.75, 3.05) is 16.8 Å². The van der Waals surface area contributed by atoms with Crippen LogP contribution in [-0.4, -0.2) is 22.6 Å². The molecule has 0 bridgehead atoms. The van der Waals surface area contributed by atoms with Crippen LogP contribution in [0.4, 0.5) is 11.8 Å². The maximum absolute atomic E-state index is 6.31. The van der Waals surface area contributed by atoms with Crippen LogP contribution in [0.15, 0.2) is 23.0 Å². The van der Waals surface area contributed by atoms with Crippen LogP contribution < -0.4 is 10.2 Å². The molecule has 3 rings (SSSR count). The third-order valence-corrected chi connectivity index (χ3v) is 4.25. The van der Waals surface area contributed by atoms with Gasteiger partial charge in [0, 0.05) is 19.1 Å². The first-order valence-corrected chi connectivity index (χ1v) is 8.14. The summed E-state index contributed by atoms with van der Waals surface area (Å²) in [6.45, 7) is 3.69. The van der Waals surface area contributed by atoms with Crippen molar-refractivity contribution in [1.29, 1.82) is 0 Å². The first-order chi connectivity index (χ1) is 9.78. The van der Waals surface area contributed by atoms with Crippen LogP contribution in [0.2, 0.25) is 5.02 Å². The van der Waals surface area contributed by atoms with Gasteiger partial charge in [-0.3, -0.25) is 0 Å². The van der Waals surface area contributed by atoms with Crippen molar-refractivity contribution in [3.63, 3.8) is 0 Å². The molecule has 2 heterocycles. The van der Waals surface area contributed by atoms with E-state index in [0.29, 0.717) is 17.0 Å². The average molecular weight is 309 g/mol. The number of hydrogen-bond acceptors (Lipinski definition) is 5. The highest BCUT2D eigenvalue weighted by molar-refractivity contribution is 7.07. The zero-order valence-electron chi connectivity index (χ0n) is 11.3. The van der Waals surface area contributed by atoms with E-state index in [2.05, 4.69) is 37.0 Å². The van der Waals surface area contributed by atoms with Crippen LogP contribution in [0.1, 0.15) is 25.3 Å². The smallest absolute Gasteiger partial charge is 0.224 e. The van der Waals surface area contributed by atoms with Crippen molar-refractivity contribution in [1.82, 2.24) is 9.97 Å². The summed E-state index contributed by atoms with van der Waals surface area (Å²) in [5.41, 5.74) is 1.31. The van der Waals surface area contributed by atoms with E-state index in [4.69, 9.17) is 11.6 Å². The van der Waals surface area contributed by atoms with Gasteiger partial charge in [0.15, 0.2) is 5.82 Å². The Morgan fingerprint density at radius 1 is 1.50 bits per heavy atom. The Morgan fingerprint density at radius 3 is 3.00 bits per heavy atom. The van der Waals surface area contributed by atoms with E-state index >= 15 is 0 Å². The van der Waals surface area contributed by atoms with Crippen LogP contribution in [0.3, 0.4) is 0 Å². The second-order valence-corrected chi connectivity index (χ2v) is 6.07. The molecule has 0 amide bonds. The Bertz CT molecular complexity index is 569. The number of anilines is 2. The molecule has 0 aromatic carbocycles. The molecule has 1 fully saturated rings. The predicted octanol–water partition coefficient (Wildman–Crippen LogP) is 3.79. The summed E-state index contributed by atoms with van der Waals surface area (Å²) in [4.78, 5) is 11.1. The number of rotatable bonds is 6. The molecule has 0 aliphatic heterocycles. The summed E-state index contributed by atoms with van der Waals surface area (Å²) in [5, 5.41) is 8.04. The molecule has 20 heavy (non-hydrogen) atoms. The zero-order chi connectivity index (χ0) is 13.9. The quantitative estimate of drug-likeness (QED) is 0.881. The van der Waals surface area contributed by atoms with Crippen molar-refractivity contribution in [3.8, 4) is 0 Å². The molecule has 1 aliphatic carbocycles. The number of nitrogens with zero attached hydrogens (tertiary/aromatic N) is 3. The van der Waals surface area contributed by atoms with Crippen molar-refractivity contribution in [3.05, 3.63) is 33.6 Å². The van der Waals surface area contributed by atoms with Gasteiger partial charge in [0.05, 0.1) is 6.20 Å². The van der Waals surface area contributed by atoms with Crippen LogP contribution in [0, 0.1) is 0 Å². The lowest BCUT2D eigenvalue weighted by atomic mass is 10.3. The first-order valence-electron chi connectivity index (χ1n) is 6.82. The van der Waals surface area contributed by atoms with Gasteiger partial charge in [0.2, 0.25) is 5.95 Å². The van der Waals surface area contributed by atoms with Gasteiger partial charge in [-0.05, 0) is 42.2 Å². The van der Waals surface area contributed by atoms with E-state index in [1.54, 1.807) is 17.5 Å². The van der Waals surface area contributed by atoms with E-state index in [1.807, 2.05) is 6.92 Å². The SMILES string of the molecule is CCNc1ncc(Cl)c(N(Cc2ccsc2)C2CC2)n1. The zero-order valence-corrected chi connectivity index (χ0v) is 12.9. The molecule has 0 spiro atoms. The second kappa shape index (κ2) is 5.97. The van der Waals surface area contributed by atoms with Crippen LogP contribution in [-0.2, 0) is 6.54 Å². The normalized spacial score (nSPS) is 14.3. The Morgan fingerprint density at radius 2 is 2.35 bits per heavy atom. The van der Waals surface area contributed by atoms with Crippen molar-refractivity contribution in [2.45, 2.75) is 32.4 Å². The molecule has 1 N–H and O–H groups in total. The molecule has 2 aromatic heterocycles. The van der Waals surface area contributed by atoms with Gasteiger partial charge in [0.1, 0.15) is 5.02 Å². The highest BCUT2D eigenvalue weighted by atomic mass is 35.5. The topological polar surface area (TPSA) is 41.1 Å². The number of nitrogens with one attached hydrogen (secondary N) is 1. The third-order valence-electron chi connectivity index (χ3n) is 3.25. The highest BCUT2D eigenvalue weighted by Crippen LogP contribution is 2.36. The van der Waals surface area contributed by atoms with Gasteiger partial charge in [0.25, 0.3) is 0 Å². The maximum Gasteiger partial charge on any atom is 0.224 e. The molecular formula is C14H17ClN4S. The molecule has 0 unspecified atom stereocenters. The van der Waals surface area contributed by atoms with E-state index in [0.717, 1.165) is 18.9 Å². The number of aromatic nitrogens is 2. The molecule has 2 aromatic rings. The number of hydrogen-bond donors (Lipinski definition) is 1. The van der Waals surface area contributed by atoms with Crippen molar-refractivity contribution in [2.24, 2.45) is 0 Å². The summed E-state index contributed by atoms with van der Waals surface area (Å²) < 4.78 is 0. The maximum atomic E-state index is 6.31. The Kier molecular flexibility index (Phi) is 4.08. The number of halogens is 1.